The highest BCUT2D eigenvalue weighted by Gasteiger charge is 2.25. The van der Waals surface area contributed by atoms with Gasteiger partial charge in [0.05, 0.1) is 11.0 Å². The summed E-state index contributed by atoms with van der Waals surface area (Å²) >= 11 is 0. The monoisotopic (exact) mass is 260 g/mol. The van der Waals surface area contributed by atoms with Crippen molar-refractivity contribution in [3.63, 3.8) is 0 Å². The molecule has 19 heavy (non-hydrogen) atoms. The normalized spacial score (nSPS) is 12.2. The Bertz CT molecular complexity index is 592. The SMILES string of the molecule is Cc1nn(C)c(NC(C)c2ccccc2)c1[N+](=O)[O-]. The van der Waals surface area contributed by atoms with Crippen LogP contribution >= 0.6 is 0 Å². The second-order valence-corrected chi connectivity index (χ2v) is 4.44. The zero-order chi connectivity index (χ0) is 14.0. The van der Waals surface area contributed by atoms with E-state index < -0.39 is 4.92 Å². The second kappa shape index (κ2) is 5.09. The summed E-state index contributed by atoms with van der Waals surface area (Å²) in [6.07, 6.45) is 0. The molecule has 0 saturated heterocycles. The lowest BCUT2D eigenvalue weighted by molar-refractivity contribution is -0.384. The van der Waals surface area contributed by atoms with Crippen molar-refractivity contribution in [3.05, 3.63) is 51.7 Å². The highest BCUT2D eigenvalue weighted by molar-refractivity contribution is 5.60. The van der Waals surface area contributed by atoms with Gasteiger partial charge in [0.15, 0.2) is 0 Å². The van der Waals surface area contributed by atoms with Crippen LogP contribution in [-0.4, -0.2) is 14.7 Å². The first-order chi connectivity index (χ1) is 9.00. The van der Waals surface area contributed by atoms with Crippen molar-refractivity contribution in [2.75, 3.05) is 5.32 Å². The molecule has 0 fully saturated rings. The van der Waals surface area contributed by atoms with Crippen LogP contribution in [0, 0.1) is 17.0 Å². The number of benzene rings is 1. The second-order valence-electron chi connectivity index (χ2n) is 4.44. The highest BCUT2D eigenvalue weighted by atomic mass is 16.6. The van der Waals surface area contributed by atoms with Crippen LogP contribution in [0.5, 0.6) is 0 Å². The first-order valence-electron chi connectivity index (χ1n) is 6.00. The summed E-state index contributed by atoms with van der Waals surface area (Å²) in [6, 6.07) is 9.74. The van der Waals surface area contributed by atoms with Crippen LogP contribution in [0.15, 0.2) is 30.3 Å². The number of rotatable bonds is 4. The third-order valence-electron chi connectivity index (χ3n) is 3.03. The molecule has 0 saturated carbocycles. The van der Waals surface area contributed by atoms with Gasteiger partial charge in [0.25, 0.3) is 0 Å². The summed E-state index contributed by atoms with van der Waals surface area (Å²) in [4.78, 5) is 10.7. The fourth-order valence-electron chi connectivity index (χ4n) is 2.06. The molecule has 0 aliphatic rings. The lowest BCUT2D eigenvalue weighted by Crippen LogP contribution is -2.11. The molecule has 1 aromatic heterocycles. The van der Waals surface area contributed by atoms with E-state index in [1.54, 1.807) is 14.0 Å². The molecule has 2 aromatic rings. The van der Waals surface area contributed by atoms with Crippen LogP contribution in [0.1, 0.15) is 24.2 Å². The third kappa shape index (κ3) is 2.57. The number of nitro groups is 1. The van der Waals surface area contributed by atoms with Crippen molar-refractivity contribution < 1.29 is 4.92 Å². The Kier molecular flexibility index (Phi) is 3.50. The van der Waals surface area contributed by atoms with E-state index in [1.807, 2.05) is 37.3 Å². The van der Waals surface area contributed by atoms with E-state index >= 15 is 0 Å². The van der Waals surface area contributed by atoms with E-state index in [-0.39, 0.29) is 11.7 Å². The lowest BCUT2D eigenvalue weighted by Gasteiger charge is -2.14. The molecular weight excluding hydrogens is 244 g/mol. The summed E-state index contributed by atoms with van der Waals surface area (Å²) in [5.74, 6) is 0.429. The molecule has 0 spiro atoms. The van der Waals surface area contributed by atoms with Crippen LogP contribution in [0.3, 0.4) is 0 Å². The van der Waals surface area contributed by atoms with E-state index in [0.717, 1.165) is 5.56 Å². The zero-order valence-corrected chi connectivity index (χ0v) is 11.1. The van der Waals surface area contributed by atoms with Gasteiger partial charge >= 0.3 is 5.69 Å². The predicted octanol–water partition coefficient (Wildman–Crippen LogP) is 2.81. The Hall–Kier alpha value is -2.37. The van der Waals surface area contributed by atoms with Gasteiger partial charge < -0.3 is 5.32 Å². The molecule has 0 amide bonds. The first-order valence-corrected chi connectivity index (χ1v) is 6.00. The summed E-state index contributed by atoms with van der Waals surface area (Å²) < 4.78 is 1.51. The molecule has 1 atom stereocenters. The fraction of sp³-hybridized carbons (Fsp3) is 0.308. The minimum atomic E-state index is -0.400. The number of anilines is 1. The van der Waals surface area contributed by atoms with Gasteiger partial charge in [-0.25, -0.2) is 4.68 Å². The van der Waals surface area contributed by atoms with Gasteiger partial charge in [-0.2, -0.15) is 5.10 Å². The zero-order valence-electron chi connectivity index (χ0n) is 11.1. The molecule has 6 heteroatoms. The van der Waals surface area contributed by atoms with Gasteiger partial charge in [0.1, 0.15) is 5.69 Å². The molecule has 0 radical (unpaired) electrons. The Morgan fingerprint density at radius 3 is 2.58 bits per heavy atom. The molecule has 6 nitrogen and oxygen atoms in total. The maximum absolute atomic E-state index is 11.1. The van der Waals surface area contributed by atoms with E-state index in [9.17, 15) is 10.1 Å². The van der Waals surface area contributed by atoms with Gasteiger partial charge in [0, 0.05) is 7.05 Å². The van der Waals surface area contributed by atoms with Gasteiger partial charge in [0.2, 0.25) is 5.82 Å². The molecular formula is C13H16N4O2. The lowest BCUT2D eigenvalue weighted by atomic mass is 10.1. The van der Waals surface area contributed by atoms with Crippen molar-refractivity contribution in [2.45, 2.75) is 19.9 Å². The average Bonchev–Trinajstić information content (AvgIpc) is 2.65. The van der Waals surface area contributed by atoms with Crippen LogP contribution in [0.2, 0.25) is 0 Å². The number of hydrogen-bond donors (Lipinski definition) is 1. The molecule has 1 aromatic carbocycles. The largest absolute Gasteiger partial charge is 0.358 e. The maximum Gasteiger partial charge on any atom is 0.333 e. The smallest absolute Gasteiger partial charge is 0.333 e. The Morgan fingerprint density at radius 2 is 2.00 bits per heavy atom. The standard InChI is InChI=1S/C13H16N4O2/c1-9(11-7-5-4-6-8-11)14-13-12(17(18)19)10(2)15-16(13)3/h4-9,14H,1-3H3. The number of nitrogens with one attached hydrogen (secondary N) is 1. The van der Waals surface area contributed by atoms with Crippen LogP contribution in [-0.2, 0) is 7.05 Å². The van der Waals surface area contributed by atoms with Crippen molar-refractivity contribution >= 4 is 11.5 Å². The molecule has 0 aliphatic carbocycles. The van der Waals surface area contributed by atoms with Crippen LogP contribution in [0.4, 0.5) is 11.5 Å². The Morgan fingerprint density at radius 1 is 1.37 bits per heavy atom. The molecule has 1 heterocycles. The number of hydrogen-bond acceptors (Lipinski definition) is 4. The molecule has 1 unspecified atom stereocenters. The maximum atomic E-state index is 11.1. The topological polar surface area (TPSA) is 73.0 Å². The summed E-state index contributed by atoms with van der Waals surface area (Å²) in [7, 11) is 1.69. The molecule has 100 valence electrons. The Labute approximate surface area is 111 Å². The molecule has 2 rings (SSSR count). The van der Waals surface area contributed by atoms with Gasteiger partial charge in [-0.05, 0) is 19.4 Å². The summed E-state index contributed by atoms with van der Waals surface area (Å²) in [5.41, 5.74) is 1.51. The molecule has 1 N–H and O–H groups in total. The quantitative estimate of drug-likeness (QED) is 0.677. The van der Waals surface area contributed by atoms with E-state index in [4.69, 9.17) is 0 Å². The van der Waals surface area contributed by atoms with Crippen molar-refractivity contribution in [2.24, 2.45) is 7.05 Å². The van der Waals surface area contributed by atoms with Crippen LogP contribution < -0.4 is 5.32 Å². The average molecular weight is 260 g/mol. The highest BCUT2D eigenvalue weighted by Crippen LogP contribution is 2.30. The van der Waals surface area contributed by atoms with Crippen molar-refractivity contribution in [1.82, 2.24) is 9.78 Å². The summed E-state index contributed by atoms with van der Waals surface area (Å²) in [5, 5.41) is 18.3. The van der Waals surface area contributed by atoms with E-state index in [2.05, 4.69) is 10.4 Å². The number of aromatic nitrogens is 2. The summed E-state index contributed by atoms with van der Waals surface area (Å²) in [6.45, 7) is 3.60. The van der Waals surface area contributed by atoms with Gasteiger partial charge in [-0.15, -0.1) is 0 Å². The fourth-order valence-corrected chi connectivity index (χ4v) is 2.06. The van der Waals surface area contributed by atoms with Gasteiger partial charge in [-0.3, -0.25) is 10.1 Å². The Balaban J connectivity index is 2.31. The number of aryl methyl sites for hydroxylation is 2. The minimum absolute atomic E-state index is 0.0327. The van der Waals surface area contributed by atoms with Crippen molar-refractivity contribution in [1.29, 1.82) is 0 Å². The van der Waals surface area contributed by atoms with Crippen molar-refractivity contribution in [3.8, 4) is 0 Å². The van der Waals surface area contributed by atoms with E-state index in [1.165, 1.54) is 4.68 Å². The predicted molar refractivity (Wildman–Crippen MR) is 73.1 cm³/mol. The third-order valence-corrected chi connectivity index (χ3v) is 3.03. The van der Waals surface area contributed by atoms with Gasteiger partial charge in [-0.1, -0.05) is 30.3 Å². The first kappa shape index (κ1) is 13.1. The van der Waals surface area contributed by atoms with E-state index in [0.29, 0.717) is 11.5 Å². The minimum Gasteiger partial charge on any atom is -0.358 e. The van der Waals surface area contributed by atoms with Crippen LogP contribution in [0.25, 0.3) is 0 Å². The molecule has 0 bridgehead atoms. The number of nitrogens with zero attached hydrogens (tertiary/aromatic N) is 3. The molecule has 0 aliphatic heterocycles.